The molecule has 0 saturated carbocycles. The molecule has 8 nitrogen and oxygen atoms in total. The maximum atomic E-state index is 11.9. The Balaban J connectivity index is 2.99. The molecular formula is C16H21N3O5. The predicted molar refractivity (Wildman–Crippen MR) is 90.0 cm³/mol. The summed E-state index contributed by atoms with van der Waals surface area (Å²) in [6, 6.07) is 7.11. The van der Waals surface area contributed by atoms with Crippen molar-refractivity contribution in [2.24, 2.45) is 15.5 Å². The Morgan fingerprint density at radius 3 is 2.21 bits per heavy atom. The van der Waals surface area contributed by atoms with Crippen molar-refractivity contribution in [2.75, 3.05) is 21.3 Å². The number of hydrogen-bond donors (Lipinski definition) is 0. The SMILES string of the molecule is CON=C(C)C(C)=NOCc1ccccc1C(=NOC)C(=O)OC. The minimum atomic E-state index is -0.605. The van der Waals surface area contributed by atoms with Gasteiger partial charge in [0.15, 0.2) is 5.71 Å². The zero-order valence-electron chi connectivity index (χ0n) is 14.4. The Kier molecular flexibility index (Phi) is 7.97. The summed E-state index contributed by atoms with van der Waals surface area (Å²) in [5.74, 6) is -0.605. The van der Waals surface area contributed by atoms with E-state index < -0.39 is 5.97 Å². The van der Waals surface area contributed by atoms with Crippen LogP contribution in [0.2, 0.25) is 0 Å². The van der Waals surface area contributed by atoms with Crippen molar-refractivity contribution in [3.8, 4) is 0 Å². The van der Waals surface area contributed by atoms with E-state index in [1.54, 1.807) is 32.0 Å². The van der Waals surface area contributed by atoms with E-state index in [1.807, 2.05) is 6.07 Å². The lowest BCUT2D eigenvalue weighted by Crippen LogP contribution is -2.19. The summed E-state index contributed by atoms with van der Waals surface area (Å²) >= 11 is 0. The van der Waals surface area contributed by atoms with Crippen molar-refractivity contribution >= 4 is 23.1 Å². The van der Waals surface area contributed by atoms with Crippen LogP contribution >= 0.6 is 0 Å². The number of carbonyl (C=O) groups excluding carboxylic acids is 1. The lowest BCUT2D eigenvalue weighted by Gasteiger charge is -2.09. The highest BCUT2D eigenvalue weighted by atomic mass is 16.6. The van der Waals surface area contributed by atoms with E-state index in [2.05, 4.69) is 20.3 Å². The van der Waals surface area contributed by atoms with Crippen LogP contribution < -0.4 is 0 Å². The quantitative estimate of drug-likeness (QED) is 0.412. The fraction of sp³-hybridized carbons (Fsp3) is 0.375. The first-order chi connectivity index (χ1) is 11.5. The highest BCUT2D eigenvalue weighted by molar-refractivity contribution is 6.43. The van der Waals surface area contributed by atoms with Crippen LogP contribution in [0.5, 0.6) is 0 Å². The molecule has 0 aliphatic carbocycles. The maximum absolute atomic E-state index is 11.9. The van der Waals surface area contributed by atoms with Gasteiger partial charge in [-0.15, -0.1) is 0 Å². The van der Waals surface area contributed by atoms with E-state index >= 15 is 0 Å². The average molecular weight is 335 g/mol. The second kappa shape index (κ2) is 9.98. The second-order valence-corrected chi connectivity index (χ2v) is 4.58. The van der Waals surface area contributed by atoms with Crippen molar-refractivity contribution in [1.82, 2.24) is 0 Å². The van der Waals surface area contributed by atoms with E-state index in [-0.39, 0.29) is 12.3 Å². The molecule has 0 bridgehead atoms. The monoisotopic (exact) mass is 335 g/mol. The first-order valence-electron chi connectivity index (χ1n) is 7.07. The first kappa shape index (κ1) is 19.1. The highest BCUT2D eigenvalue weighted by Crippen LogP contribution is 2.13. The van der Waals surface area contributed by atoms with Gasteiger partial charge in [0.2, 0.25) is 0 Å². The standard InChI is InChI=1S/C16H21N3O5/c1-11(17-22-4)12(2)18-24-10-13-8-6-7-9-14(13)15(19-23-5)16(20)21-3/h6-9H,10H2,1-5H3. The number of hydrogen-bond acceptors (Lipinski definition) is 8. The number of methoxy groups -OCH3 is 1. The highest BCUT2D eigenvalue weighted by Gasteiger charge is 2.19. The van der Waals surface area contributed by atoms with Crippen molar-refractivity contribution < 1.29 is 24.0 Å². The van der Waals surface area contributed by atoms with Crippen LogP contribution in [0.1, 0.15) is 25.0 Å². The number of benzene rings is 1. The average Bonchev–Trinajstić information content (AvgIpc) is 2.59. The van der Waals surface area contributed by atoms with Gasteiger partial charge in [-0.25, -0.2) is 4.79 Å². The summed E-state index contributed by atoms with van der Waals surface area (Å²) in [6.07, 6.45) is 0. The number of carbonyl (C=O) groups is 1. The van der Waals surface area contributed by atoms with Crippen molar-refractivity contribution in [3.05, 3.63) is 35.4 Å². The molecule has 0 radical (unpaired) electrons. The molecule has 1 rings (SSSR count). The van der Waals surface area contributed by atoms with Crippen LogP contribution in [0.15, 0.2) is 39.7 Å². The van der Waals surface area contributed by atoms with Crippen LogP contribution in [0, 0.1) is 0 Å². The third-order valence-corrected chi connectivity index (χ3v) is 3.01. The third-order valence-electron chi connectivity index (χ3n) is 3.01. The first-order valence-corrected chi connectivity index (χ1v) is 7.07. The number of ether oxygens (including phenoxy) is 1. The second-order valence-electron chi connectivity index (χ2n) is 4.58. The molecule has 0 aromatic heterocycles. The molecule has 0 aliphatic heterocycles. The molecule has 0 atom stereocenters. The molecule has 24 heavy (non-hydrogen) atoms. The van der Waals surface area contributed by atoms with Crippen molar-refractivity contribution in [3.63, 3.8) is 0 Å². The smallest absolute Gasteiger partial charge is 0.360 e. The molecule has 0 fully saturated rings. The Labute approximate surface area is 140 Å². The van der Waals surface area contributed by atoms with Gasteiger partial charge >= 0.3 is 5.97 Å². The fourth-order valence-electron chi connectivity index (χ4n) is 1.73. The molecule has 0 aliphatic rings. The van der Waals surface area contributed by atoms with Gasteiger partial charge in [-0.05, 0) is 13.8 Å². The lowest BCUT2D eigenvalue weighted by molar-refractivity contribution is -0.132. The Morgan fingerprint density at radius 2 is 1.58 bits per heavy atom. The summed E-state index contributed by atoms with van der Waals surface area (Å²) in [6.45, 7) is 3.63. The van der Waals surface area contributed by atoms with Crippen LogP contribution in [0.25, 0.3) is 0 Å². The Bertz CT molecular complexity index is 653. The van der Waals surface area contributed by atoms with E-state index in [9.17, 15) is 4.79 Å². The topological polar surface area (TPSA) is 91.1 Å². The Morgan fingerprint density at radius 1 is 0.958 bits per heavy atom. The molecule has 1 aromatic rings. The van der Waals surface area contributed by atoms with Gasteiger partial charge in [-0.2, -0.15) is 0 Å². The van der Waals surface area contributed by atoms with E-state index in [1.165, 1.54) is 21.3 Å². The minimum Gasteiger partial charge on any atom is -0.464 e. The van der Waals surface area contributed by atoms with Crippen LogP contribution in [-0.4, -0.2) is 44.4 Å². The fourth-order valence-corrected chi connectivity index (χ4v) is 1.73. The summed E-state index contributed by atoms with van der Waals surface area (Å²) in [5.41, 5.74) is 2.48. The van der Waals surface area contributed by atoms with Crippen LogP contribution in [-0.2, 0) is 30.7 Å². The molecule has 0 unspecified atom stereocenters. The van der Waals surface area contributed by atoms with Crippen LogP contribution in [0.3, 0.4) is 0 Å². The van der Waals surface area contributed by atoms with E-state index in [4.69, 9.17) is 14.4 Å². The zero-order valence-corrected chi connectivity index (χ0v) is 14.4. The summed E-state index contributed by atoms with van der Waals surface area (Å²) < 4.78 is 4.73. The van der Waals surface area contributed by atoms with Gasteiger partial charge < -0.3 is 19.2 Å². The van der Waals surface area contributed by atoms with Crippen molar-refractivity contribution in [1.29, 1.82) is 0 Å². The largest absolute Gasteiger partial charge is 0.464 e. The van der Waals surface area contributed by atoms with Gasteiger partial charge in [-0.1, -0.05) is 39.7 Å². The van der Waals surface area contributed by atoms with Gasteiger partial charge in [0.25, 0.3) is 0 Å². The molecule has 0 amide bonds. The summed E-state index contributed by atoms with van der Waals surface area (Å²) in [5, 5.41) is 11.5. The third kappa shape index (κ3) is 5.38. The molecule has 0 spiro atoms. The maximum Gasteiger partial charge on any atom is 0.360 e. The van der Waals surface area contributed by atoms with Gasteiger partial charge in [0.1, 0.15) is 32.2 Å². The number of rotatable bonds is 8. The summed E-state index contributed by atoms with van der Waals surface area (Å²) in [7, 11) is 4.09. The molecular weight excluding hydrogens is 314 g/mol. The van der Waals surface area contributed by atoms with Crippen molar-refractivity contribution in [2.45, 2.75) is 20.5 Å². The molecule has 0 N–H and O–H groups in total. The van der Waals surface area contributed by atoms with Crippen LogP contribution in [0.4, 0.5) is 0 Å². The lowest BCUT2D eigenvalue weighted by atomic mass is 10.0. The van der Waals surface area contributed by atoms with Gasteiger partial charge in [0.05, 0.1) is 7.11 Å². The number of oxime groups is 3. The predicted octanol–water partition coefficient (Wildman–Crippen LogP) is 2.12. The van der Waals surface area contributed by atoms with E-state index in [0.717, 1.165) is 0 Å². The minimum absolute atomic E-state index is 0.0528. The normalized spacial score (nSPS) is 12.6. The van der Waals surface area contributed by atoms with Gasteiger partial charge in [0, 0.05) is 11.1 Å². The molecule has 0 saturated heterocycles. The number of esters is 1. The number of nitrogens with zero attached hydrogens (tertiary/aromatic N) is 3. The summed E-state index contributed by atoms with van der Waals surface area (Å²) in [4.78, 5) is 26.6. The molecule has 1 aromatic carbocycles. The molecule has 0 heterocycles. The van der Waals surface area contributed by atoms with Gasteiger partial charge in [-0.3, -0.25) is 0 Å². The molecule has 130 valence electrons. The van der Waals surface area contributed by atoms with E-state index in [0.29, 0.717) is 22.6 Å². The zero-order chi connectivity index (χ0) is 17.9. The molecule has 8 heteroatoms. The Hall–Kier alpha value is -2.90.